The van der Waals surface area contributed by atoms with Crippen molar-refractivity contribution >= 4 is 43.9 Å². The van der Waals surface area contributed by atoms with Gasteiger partial charge in [-0.1, -0.05) is 22.9 Å². The van der Waals surface area contributed by atoms with Crippen LogP contribution >= 0.6 is 27.3 Å². The molecule has 8 heteroatoms. The highest BCUT2D eigenvalue weighted by molar-refractivity contribution is 9.10. The molecule has 0 bridgehead atoms. The molecule has 0 aliphatic heterocycles. The Bertz CT molecular complexity index is 685. The summed E-state index contributed by atoms with van der Waals surface area (Å²) in [6.07, 6.45) is -3.76. The lowest BCUT2D eigenvalue weighted by Gasteiger charge is -2.11. The number of benzene rings is 1. The standard InChI is InChI=1S/C14H12BrF3N2OS/c1-2-10(21)5-9-7-22-13(20-9)19-8-3-4-12(15)11(6-8)14(16,17)18/h3-4,6-7H,2,5H2,1H3,(H,19,20). The number of aromatic nitrogens is 1. The second-order valence-corrected chi connectivity index (χ2v) is 6.24. The van der Waals surface area contributed by atoms with E-state index >= 15 is 0 Å². The molecular weight excluding hydrogens is 381 g/mol. The number of halogens is 4. The van der Waals surface area contributed by atoms with Crippen molar-refractivity contribution < 1.29 is 18.0 Å². The van der Waals surface area contributed by atoms with E-state index in [4.69, 9.17) is 0 Å². The van der Waals surface area contributed by atoms with Gasteiger partial charge in [-0.3, -0.25) is 4.79 Å². The fourth-order valence-corrected chi connectivity index (χ4v) is 2.92. The highest BCUT2D eigenvalue weighted by Gasteiger charge is 2.33. The van der Waals surface area contributed by atoms with Crippen LogP contribution < -0.4 is 5.32 Å². The van der Waals surface area contributed by atoms with Crippen LogP contribution in [-0.2, 0) is 17.4 Å². The van der Waals surface area contributed by atoms with Crippen molar-refractivity contribution in [3.63, 3.8) is 0 Å². The van der Waals surface area contributed by atoms with Gasteiger partial charge >= 0.3 is 6.18 Å². The van der Waals surface area contributed by atoms with E-state index in [2.05, 4.69) is 26.2 Å². The van der Waals surface area contributed by atoms with E-state index < -0.39 is 11.7 Å². The molecule has 118 valence electrons. The Morgan fingerprint density at radius 1 is 1.41 bits per heavy atom. The largest absolute Gasteiger partial charge is 0.417 e. The van der Waals surface area contributed by atoms with Gasteiger partial charge < -0.3 is 5.32 Å². The van der Waals surface area contributed by atoms with Gasteiger partial charge in [0.25, 0.3) is 0 Å². The summed E-state index contributed by atoms with van der Waals surface area (Å²) >= 11 is 4.14. The maximum absolute atomic E-state index is 12.8. The van der Waals surface area contributed by atoms with Crippen LogP contribution in [0.4, 0.5) is 24.0 Å². The lowest BCUT2D eigenvalue weighted by Crippen LogP contribution is -2.06. The van der Waals surface area contributed by atoms with Crippen molar-refractivity contribution in [2.75, 3.05) is 5.32 Å². The van der Waals surface area contributed by atoms with Crippen LogP contribution in [0.5, 0.6) is 0 Å². The quantitative estimate of drug-likeness (QED) is 0.760. The van der Waals surface area contributed by atoms with Gasteiger partial charge in [0, 0.05) is 28.4 Å². The predicted molar refractivity (Wildman–Crippen MR) is 83.5 cm³/mol. The first-order valence-electron chi connectivity index (χ1n) is 6.39. The number of nitrogens with zero attached hydrogens (tertiary/aromatic N) is 1. The number of hydrogen-bond donors (Lipinski definition) is 1. The van der Waals surface area contributed by atoms with E-state index in [1.165, 1.54) is 23.5 Å². The fraction of sp³-hybridized carbons (Fsp3) is 0.286. The molecule has 2 aromatic rings. The van der Waals surface area contributed by atoms with Gasteiger partial charge in [-0.25, -0.2) is 4.98 Å². The normalized spacial score (nSPS) is 11.5. The Morgan fingerprint density at radius 2 is 2.14 bits per heavy atom. The first-order chi connectivity index (χ1) is 10.3. The first kappa shape index (κ1) is 17.0. The van der Waals surface area contributed by atoms with Crippen molar-refractivity contribution in [1.29, 1.82) is 0 Å². The molecular formula is C14H12BrF3N2OS. The lowest BCUT2D eigenvalue weighted by molar-refractivity contribution is -0.138. The summed E-state index contributed by atoms with van der Waals surface area (Å²) in [7, 11) is 0. The zero-order valence-corrected chi connectivity index (χ0v) is 13.9. The zero-order chi connectivity index (χ0) is 16.3. The van der Waals surface area contributed by atoms with Crippen LogP contribution in [0.2, 0.25) is 0 Å². The number of ketones is 1. The summed E-state index contributed by atoms with van der Waals surface area (Å²) in [6.45, 7) is 1.77. The third-order valence-electron chi connectivity index (χ3n) is 2.85. The molecule has 1 N–H and O–H groups in total. The molecule has 0 fully saturated rings. The van der Waals surface area contributed by atoms with Crippen LogP contribution in [0.3, 0.4) is 0 Å². The van der Waals surface area contributed by atoms with E-state index in [0.29, 0.717) is 22.9 Å². The average Bonchev–Trinajstić information content (AvgIpc) is 2.86. The minimum absolute atomic E-state index is 0.0149. The second-order valence-electron chi connectivity index (χ2n) is 4.53. The molecule has 2 rings (SSSR count). The summed E-state index contributed by atoms with van der Waals surface area (Å²) in [5.74, 6) is 0.0693. The summed E-state index contributed by atoms with van der Waals surface area (Å²) in [5.41, 5.74) is 0.154. The third kappa shape index (κ3) is 4.30. The number of hydrogen-bond acceptors (Lipinski definition) is 4. The van der Waals surface area contributed by atoms with Crippen LogP contribution in [0, 0.1) is 0 Å². The Morgan fingerprint density at radius 3 is 2.77 bits per heavy atom. The Kier molecular flexibility index (Phi) is 5.23. The number of Topliss-reactive ketones (excluding diaryl/α,β-unsaturated/α-hetero) is 1. The SMILES string of the molecule is CCC(=O)Cc1csc(Nc2ccc(Br)c(C(F)(F)F)c2)n1. The average molecular weight is 393 g/mol. The molecule has 22 heavy (non-hydrogen) atoms. The summed E-state index contributed by atoms with van der Waals surface area (Å²) in [4.78, 5) is 15.6. The summed E-state index contributed by atoms with van der Waals surface area (Å²) < 4.78 is 38.5. The molecule has 1 heterocycles. The second kappa shape index (κ2) is 6.78. The fourth-order valence-electron chi connectivity index (χ4n) is 1.72. The molecule has 0 saturated heterocycles. The summed E-state index contributed by atoms with van der Waals surface area (Å²) in [6, 6.07) is 3.88. The number of rotatable bonds is 5. The van der Waals surface area contributed by atoms with E-state index in [1.54, 1.807) is 12.3 Å². The molecule has 0 radical (unpaired) electrons. The molecule has 0 atom stereocenters. The van der Waals surface area contributed by atoms with Gasteiger partial charge in [-0.2, -0.15) is 13.2 Å². The highest BCUT2D eigenvalue weighted by atomic mass is 79.9. The maximum atomic E-state index is 12.8. The van der Waals surface area contributed by atoms with Gasteiger partial charge in [-0.15, -0.1) is 11.3 Å². The van der Waals surface area contributed by atoms with Gasteiger partial charge in [0.2, 0.25) is 0 Å². The molecule has 0 unspecified atom stereocenters. The number of carbonyl (C=O) groups is 1. The highest BCUT2D eigenvalue weighted by Crippen LogP contribution is 2.37. The van der Waals surface area contributed by atoms with E-state index in [0.717, 1.165) is 6.07 Å². The summed E-state index contributed by atoms with van der Waals surface area (Å²) in [5, 5.41) is 5.01. The smallest absolute Gasteiger partial charge is 0.332 e. The van der Waals surface area contributed by atoms with Gasteiger partial charge in [0.1, 0.15) is 5.78 Å². The number of nitrogens with one attached hydrogen (secondary N) is 1. The van der Waals surface area contributed by atoms with Crippen molar-refractivity contribution in [2.45, 2.75) is 25.9 Å². The van der Waals surface area contributed by atoms with Crippen molar-refractivity contribution in [1.82, 2.24) is 4.98 Å². The van der Waals surface area contributed by atoms with Gasteiger partial charge in [0.15, 0.2) is 5.13 Å². The monoisotopic (exact) mass is 392 g/mol. The van der Waals surface area contributed by atoms with Gasteiger partial charge in [0.05, 0.1) is 11.3 Å². The van der Waals surface area contributed by atoms with Crippen LogP contribution in [-0.4, -0.2) is 10.8 Å². The Labute approximate surface area is 137 Å². The first-order valence-corrected chi connectivity index (χ1v) is 8.06. The number of anilines is 2. The van der Waals surface area contributed by atoms with Crippen LogP contribution in [0.15, 0.2) is 28.1 Å². The molecule has 1 aromatic heterocycles. The predicted octanol–water partition coefficient (Wildman–Crippen LogP) is 5.19. The number of alkyl halides is 3. The lowest BCUT2D eigenvalue weighted by atomic mass is 10.2. The molecule has 1 aromatic carbocycles. The molecule has 0 amide bonds. The van der Waals surface area contributed by atoms with E-state index in [-0.39, 0.29) is 16.7 Å². The van der Waals surface area contributed by atoms with E-state index in [1.807, 2.05) is 0 Å². The third-order valence-corrected chi connectivity index (χ3v) is 4.35. The zero-order valence-electron chi connectivity index (χ0n) is 11.5. The Balaban J connectivity index is 2.16. The minimum atomic E-state index is -4.43. The minimum Gasteiger partial charge on any atom is -0.332 e. The van der Waals surface area contributed by atoms with Crippen LogP contribution in [0.25, 0.3) is 0 Å². The van der Waals surface area contributed by atoms with Crippen molar-refractivity contribution in [3.8, 4) is 0 Å². The molecule has 0 aliphatic rings. The van der Waals surface area contributed by atoms with Crippen LogP contribution in [0.1, 0.15) is 24.6 Å². The molecule has 3 nitrogen and oxygen atoms in total. The maximum Gasteiger partial charge on any atom is 0.417 e. The molecule has 0 saturated carbocycles. The number of carbonyl (C=O) groups excluding carboxylic acids is 1. The number of thiazole rings is 1. The Hall–Kier alpha value is -1.41. The molecule has 0 aliphatic carbocycles. The molecule has 0 spiro atoms. The van der Waals surface area contributed by atoms with Gasteiger partial charge in [-0.05, 0) is 18.2 Å². The van der Waals surface area contributed by atoms with Crippen molar-refractivity contribution in [2.24, 2.45) is 0 Å². The van der Waals surface area contributed by atoms with Crippen molar-refractivity contribution in [3.05, 3.63) is 39.3 Å². The topological polar surface area (TPSA) is 42.0 Å². The van der Waals surface area contributed by atoms with E-state index in [9.17, 15) is 18.0 Å².